The molecule has 2 aromatic carbocycles. The number of hydrogen-bond donors (Lipinski definition) is 2. The van der Waals surface area contributed by atoms with Crippen molar-refractivity contribution in [2.24, 2.45) is 5.73 Å². The molecule has 1 unspecified atom stereocenters. The predicted octanol–water partition coefficient (Wildman–Crippen LogP) is 2.80. The Kier molecular flexibility index (Phi) is 2.26. The first-order chi connectivity index (χ1) is 8.59. The van der Waals surface area contributed by atoms with E-state index in [0.29, 0.717) is 11.9 Å². The lowest BCUT2D eigenvalue weighted by molar-refractivity contribution is 0.640. The lowest BCUT2D eigenvalue weighted by Crippen LogP contribution is -2.35. The van der Waals surface area contributed by atoms with Gasteiger partial charge in [0.05, 0.1) is 0 Å². The Morgan fingerprint density at radius 1 is 1.33 bits per heavy atom. The molecule has 2 aromatic rings. The molecule has 0 fully saturated rings. The Hall–Kier alpha value is -2.10. The summed E-state index contributed by atoms with van der Waals surface area (Å²) in [5, 5.41) is 9.15. The van der Waals surface area contributed by atoms with Crippen molar-refractivity contribution in [3.8, 4) is 0 Å². The molecular weight excluding hydrogens is 229 g/mol. The van der Waals surface area contributed by atoms with Crippen LogP contribution in [0.2, 0.25) is 0 Å². The number of nitrogens with two attached hydrogens (primary N) is 1. The number of rotatable bonds is 0. The van der Waals surface area contributed by atoms with Gasteiger partial charge in [-0.1, -0.05) is 19.1 Å². The number of nitrogens with one attached hydrogen (secondary N) is 1. The van der Waals surface area contributed by atoms with E-state index >= 15 is 0 Å². The molecule has 1 aliphatic heterocycles. The first-order valence-corrected chi connectivity index (χ1v) is 5.92. The minimum Gasteiger partial charge on any atom is -0.370 e. The quantitative estimate of drug-likeness (QED) is 0.552. The van der Waals surface area contributed by atoms with Gasteiger partial charge in [0, 0.05) is 23.5 Å². The number of guanidine groups is 1. The number of anilines is 1. The number of hydrogen-bond acceptors (Lipinski definition) is 1. The normalized spacial score (nSPS) is 18.1. The zero-order chi connectivity index (χ0) is 12.9. The molecule has 92 valence electrons. The van der Waals surface area contributed by atoms with Crippen molar-refractivity contribution in [2.45, 2.75) is 12.8 Å². The molecule has 0 aliphatic carbocycles. The Labute approximate surface area is 105 Å². The molecule has 0 saturated heterocycles. The fraction of sp³-hybridized carbons (Fsp3) is 0.214. The number of fused-ring (bicyclic) bond motifs is 3. The van der Waals surface area contributed by atoms with E-state index in [1.165, 1.54) is 6.07 Å². The van der Waals surface area contributed by atoms with Crippen molar-refractivity contribution in [1.29, 1.82) is 5.41 Å². The lowest BCUT2D eigenvalue weighted by atomic mass is 9.96. The van der Waals surface area contributed by atoms with Crippen LogP contribution in [-0.2, 0) is 0 Å². The number of nitrogens with zero attached hydrogens (tertiary/aromatic N) is 1. The molecule has 1 aliphatic rings. The van der Waals surface area contributed by atoms with E-state index < -0.39 is 0 Å². The average molecular weight is 243 g/mol. The molecule has 0 spiro atoms. The summed E-state index contributed by atoms with van der Waals surface area (Å²) in [7, 11) is 0. The van der Waals surface area contributed by atoms with Crippen LogP contribution >= 0.6 is 0 Å². The third-order valence-corrected chi connectivity index (χ3v) is 3.56. The standard InChI is InChI=1S/C14H14FN3/c1-8-7-18(14(16)17)12-6-5-9-10(13(8)12)3-2-4-11(9)15/h2-6,8H,7H2,1H3,(H3,16,17). The highest BCUT2D eigenvalue weighted by Crippen LogP contribution is 2.41. The van der Waals surface area contributed by atoms with Crippen molar-refractivity contribution in [3.63, 3.8) is 0 Å². The van der Waals surface area contributed by atoms with E-state index in [-0.39, 0.29) is 17.7 Å². The van der Waals surface area contributed by atoms with Gasteiger partial charge in [0.2, 0.25) is 0 Å². The van der Waals surface area contributed by atoms with E-state index in [4.69, 9.17) is 11.1 Å². The molecule has 1 atom stereocenters. The first kappa shape index (κ1) is 11.0. The lowest BCUT2D eigenvalue weighted by Gasteiger charge is -2.16. The summed E-state index contributed by atoms with van der Waals surface area (Å²) in [5.74, 6) is 0.0783. The van der Waals surface area contributed by atoms with E-state index in [1.54, 1.807) is 17.0 Å². The largest absolute Gasteiger partial charge is 0.370 e. The fourth-order valence-electron chi connectivity index (χ4n) is 2.78. The van der Waals surface area contributed by atoms with Gasteiger partial charge in [-0.15, -0.1) is 0 Å². The molecule has 4 heteroatoms. The maximum absolute atomic E-state index is 13.8. The molecule has 0 aromatic heterocycles. The molecule has 3 nitrogen and oxygen atoms in total. The van der Waals surface area contributed by atoms with Crippen molar-refractivity contribution < 1.29 is 4.39 Å². The van der Waals surface area contributed by atoms with Crippen LogP contribution in [0.25, 0.3) is 10.8 Å². The van der Waals surface area contributed by atoms with Gasteiger partial charge in [-0.25, -0.2) is 4.39 Å². The predicted molar refractivity (Wildman–Crippen MR) is 71.6 cm³/mol. The van der Waals surface area contributed by atoms with E-state index in [9.17, 15) is 4.39 Å². The van der Waals surface area contributed by atoms with Crippen molar-refractivity contribution in [2.75, 3.05) is 11.4 Å². The number of benzene rings is 2. The number of halogens is 1. The fourth-order valence-corrected chi connectivity index (χ4v) is 2.78. The van der Waals surface area contributed by atoms with Gasteiger partial charge < -0.3 is 10.6 Å². The summed E-state index contributed by atoms with van der Waals surface area (Å²) >= 11 is 0. The molecule has 0 amide bonds. The van der Waals surface area contributed by atoms with Crippen molar-refractivity contribution in [3.05, 3.63) is 41.7 Å². The van der Waals surface area contributed by atoms with E-state index in [2.05, 4.69) is 6.92 Å². The van der Waals surface area contributed by atoms with E-state index in [0.717, 1.165) is 16.6 Å². The second-order valence-corrected chi connectivity index (χ2v) is 4.73. The van der Waals surface area contributed by atoms with Gasteiger partial charge in [-0.3, -0.25) is 5.41 Å². The summed E-state index contributed by atoms with van der Waals surface area (Å²) in [6.07, 6.45) is 0. The van der Waals surface area contributed by atoms with Crippen LogP contribution < -0.4 is 10.6 Å². The average Bonchev–Trinajstić information content (AvgIpc) is 2.68. The highest BCUT2D eigenvalue weighted by atomic mass is 19.1. The van der Waals surface area contributed by atoms with Gasteiger partial charge in [-0.05, 0) is 29.1 Å². The van der Waals surface area contributed by atoms with Crippen molar-refractivity contribution >= 4 is 22.4 Å². The smallest absolute Gasteiger partial charge is 0.192 e. The summed E-state index contributed by atoms with van der Waals surface area (Å²) in [6.45, 7) is 2.76. The summed E-state index contributed by atoms with van der Waals surface area (Å²) in [4.78, 5) is 1.77. The Morgan fingerprint density at radius 2 is 2.11 bits per heavy atom. The zero-order valence-electron chi connectivity index (χ0n) is 10.1. The molecule has 0 saturated carbocycles. The summed E-state index contributed by atoms with van der Waals surface area (Å²) < 4.78 is 13.8. The van der Waals surface area contributed by atoms with Crippen LogP contribution in [0.4, 0.5) is 10.1 Å². The van der Waals surface area contributed by atoms with Gasteiger partial charge in [-0.2, -0.15) is 0 Å². The van der Waals surface area contributed by atoms with Crippen LogP contribution in [0.1, 0.15) is 18.4 Å². The minimum atomic E-state index is -0.205. The van der Waals surface area contributed by atoms with E-state index in [1.807, 2.05) is 12.1 Å². The van der Waals surface area contributed by atoms with Gasteiger partial charge in [0.25, 0.3) is 0 Å². The topological polar surface area (TPSA) is 53.1 Å². The summed E-state index contributed by atoms with van der Waals surface area (Å²) in [5.41, 5.74) is 7.59. The zero-order valence-corrected chi connectivity index (χ0v) is 10.1. The highest BCUT2D eigenvalue weighted by molar-refractivity contribution is 6.01. The highest BCUT2D eigenvalue weighted by Gasteiger charge is 2.29. The van der Waals surface area contributed by atoms with Gasteiger partial charge >= 0.3 is 0 Å². The maximum Gasteiger partial charge on any atom is 0.192 e. The molecule has 0 radical (unpaired) electrons. The molecule has 0 bridgehead atoms. The Morgan fingerprint density at radius 3 is 2.83 bits per heavy atom. The third-order valence-electron chi connectivity index (χ3n) is 3.56. The van der Waals surface area contributed by atoms with Gasteiger partial charge in [0.15, 0.2) is 5.96 Å². The Bertz CT molecular complexity index is 651. The Balaban J connectivity index is 2.33. The monoisotopic (exact) mass is 243 g/mol. The second kappa shape index (κ2) is 3.70. The molecule has 1 heterocycles. The van der Waals surface area contributed by atoms with Crippen molar-refractivity contribution in [1.82, 2.24) is 0 Å². The molecule has 3 rings (SSSR count). The van der Waals surface area contributed by atoms with Crippen LogP contribution in [0, 0.1) is 11.2 Å². The van der Waals surface area contributed by atoms with Crippen LogP contribution in [0.3, 0.4) is 0 Å². The third kappa shape index (κ3) is 1.38. The maximum atomic E-state index is 13.8. The molecular formula is C14H14FN3. The van der Waals surface area contributed by atoms with Crippen LogP contribution in [0.15, 0.2) is 30.3 Å². The van der Waals surface area contributed by atoms with Crippen LogP contribution in [0.5, 0.6) is 0 Å². The molecule has 3 N–H and O–H groups in total. The van der Waals surface area contributed by atoms with Gasteiger partial charge in [0.1, 0.15) is 5.82 Å². The molecule has 18 heavy (non-hydrogen) atoms. The van der Waals surface area contributed by atoms with Crippen LogP contribution in [-0.4, -0.2) is 12.5 Å². The SMILES string of the molecule is CC1CN(C(=N)N)c2ccc3c(F)cccc3c21. The minimum absolute atomic E-state index is 0.0383. The summed E-state index contributed by atoms with van der Waals surface area (Å²) in [6, 6.07) is 8.73. The first-order valence-electron chi connectivity index (χ1n) is 5.92. The second-order valence-electron chi connectivity index (χ2n) is 4.73.